The Bertz CT molecular complexity index is 364. The number of rotatable bonds is 5. The number of nitrogens with one attached hydrogen (secondary N) is 1. The van der Waals surface area contributed by atoms with E-state index in [1.165, 1.54) is 0 Å². The molecule has 0 radical (unpaired) electrons. The minimum absolute atomic E-state index is 0.0389. The molecular weight excluding hydrogens is 204 g/mol. The lowest BCUT2D eigenvalue weighted by Crippen LogP contribution is -2.31. The van der Waals surface area contributed by atoms with E-state index < -0.39 is 0 Å². The Hall–Kier alpha value is -1.55. The molecule has 0 fully saturated rings. The fourth-order valence-electron chi connectivity index (χ4n) is 1.44. The van der Waals surface area contributed by atoms with Gasteiger partial charge in [0.05, 0.1) is 13.7 Å². The third-order valence-corrected chi connectivity index (χ3v) is 2.39. The number of carbonyl (C=O) groups is 1. The predicted octanol–water partition coefficient (Wildman–Crippen LogP) is 0.621. The lowest BCUT2D eigenvalue weighted by molar-refractivity contribution is -0.119. The largest absolute Gasteiger partial charge is 0.496 e. The van der Waals surface area contributed by atoms with Crippen molar-refractivity contribution in [2.24, 2.45) is 5.73 Å². The smallest absolute Gasteiger partial charge is 0.233 e. The van der Waals surface area contributed by atoms with Crippen LogP contribution in [0.25, 0.3) is 0 Å². The van der Waals surface area contributed by atoms with Gasteiger partial charge in [0.1, 0.15) is 5.75 Å². The molecule has 3 N–H and O–H groups in total. The van der Waals surface area contributed by atoms with E-state index in [0.717, 1.165) is 23.3 Å². The number of nitrogens with two attached hydrogens (primary N) is 1. The molecule has 0 aromatic heterocycles. The highest BCUT2D eigenvalue weighted by atomic mass is 16.5. The molecule has 16 heavy (non-hydrogen) atoms. The first-order valence-electron chi connectivity index (χ1n) is 5.27. The van der Waals surface area contributed by atoms with Gasteiger partial charge in [0, 0.05) is 6.54 Å². The zero-order chi connectivity index (χ0) is 12.0. The highest BCUT2D eigenvalue weighted by Gasteiger charge is 2.01. The van der Waals surface area contributed by atoms with Gasteiger partial charge >= 0.3 is 0 Å². The molecule has 0 spiro atoms. The summed E-state index contributed by atoms with van der Waals surface area (Å²) >= 11 is 0. The van der Waals surface area contributed by atoms with Gasteiger partial charge in [-0.25, -0.2) is 0 Å². The molecule has 1 aromatic carbocycles. The van der Waals surface area contributed by atoms with Gasteiger partial charge in [-0.2, -0.15) is 0 Å². The van der Waals surface area contributed by atoms with Crippen LogP contribution in [0, 0.1) is 6.92 Å². The van der Waals surface area contributed by atoms with Gasteiger partial charge < -0.3 is 15.8 Å². The lowest BCUT2D eigenvalue weighted by Gasteiger charge is -2.08. The van der Waals surface area contributed by atoms with E-state index in [0.29, 0.717) is 6.54 Å². The van der Waals surface area contributed by atoms with E-state index in [4.69, 9.17) is 10.5 Å². The summed E-state index contributed by atoms with van der Waals surface area (Å²) in [4.78, 5) is 10.9. The monoisotopic (exact) mass is 222 g/mol. The van der Waals surface area contributed by atoms with Crippen molar-refractivity contribution < 1.29 is 9.53 Å². The van der Waals surface area contributed by atoms with Crippen LogP contribution >= 0.6 is 0 Å². The average Bonchev–Trinajstić information content (AvgIpc) is 2.31. The minimum atomic E-state index is -0.126. The van der Waals surface area contributed by atoms with Crippen LogP contribution in [0.4, 0.5) is 0 Å². The third kappa shape index (κ3) is 3.55. The first kappa shape index (κ1) is 12.5. The second kappa shape index (κ2) is 6.12. The second-order valence-electron chi connectivity index (χ2n) is 3.61. The van der Waals surface area contributed by atoms with Crippen LogP contribution in [0.1, 0.15) is 11.1 Å². The van der Waals surface area contributed by atoms with E-state index in [9.17, 15) is 4.79 Å². The fourth-order valence-corrected chi connectivity index (χ4v) is 1.44. The Balaban J connectivity index is 2.51. The number of methoxy groups -OCH3 is 1. The number of amides is 1. The molecule has 88 valence electrons. The fraction of sp³-hybridized carbons (Fsp3) is 0.417. The van der Waals surface area contributed by atoms with Crippen LogP contribution in [-0.2, 0) is 11.2 Å². The van der Waals surface area contributed by atoms with Crippen LogP contribution in [0.5, 0.6) is 5.75 Å². The van der Waals surface area contributed by atoms with Crippen molar-refractivity contribution in [3.63, 3.8) is 0 Å². The molecule has 1 rings (SSSR count). The second-order valence-corrected chi connectivity index (χ2v) is 3.61. The van der Waals surface area contributed by atoms with Crippen molar-refractivity contribution in [1.82, 2.24) is 5.32 Å². The summed E-state index contributed by atoms with van der Waals surface area (Å²) < 4.78 is 5.23. The van der Waals surface area contributed by atoms with Crippen molar-refractivity contribution in [1.29, 1.82) is 0 Å². The van der Waals surface area contributed by atoms with Gasteiger partial charge in [0.25, 0.3) is 0 Å². The van der Waals surface area contributed by atoms with Crippen molar-refractivity contribution in [3.8, 4) is 5.75 Å². The Labute approximate surface area is 95.8 Å². The summed E-state index contributed by atoms with van der Waals surface area (Å²) in [6.07, 6.45) is 0.780. The van der Waals surface area contributed by atoms with Gasteiger partial charge in [-0.15, -0.1) is 0 Å². The van der Waals surface area contributed by atoms with Gasteiger partial charge in [-0.3, -0.25) is 4.79 Å². The number of benzene rings is 1. The van der Waals surface area contributed by atoms with Crippen LogP contribution in [0.3, 0.4) is 0 Å². The lowest BCUT2D eigenvalue weighted by atomic mass is 10.1. The number of ether oxygens (including phenoxy) is 1. The van der Waals surface area contributed by atoms with E-state index >= 15 is 0 Å². The van der Waals surface area contributed by atoms with E-state index in [1.807, 2.05) is 25.1 Å². The maximum atomic E-state index is 10.9. The summed E-state index contributed by atoms with van der Waals surface area (Å²) in [7, 11) is 1.66. The minimum Gasteiger partial charge on any atom is -0.496 e. The third-order valence-electron chi connectivity index (χ3n) is 2.39. The molecule has 0 aliphatic heterocycles. The first-order valence-corrected chi connectivity index (χ1v) is 5.27. The summed E-state index contributed by atoms with van der Waals surface area (Å²) in [5.74, 6) is 0.752. The van der Waals surface area contributed by atoms with Crippen LogP contribution < -0.4 is 15.8 Å². The number of hydrogen-bond acceptors (Lipinski definition) is 3. The molecule has 0 aliphatic carbocycles. The van der Waals surface area contributed by atoms with Crippen molar-refractivity contribution in [2.45, 2.75) is 13.3 Å². The normalized spacial score (nSPS) is 9.94. The molecule has 0 unspecified atom stereocenters. The van der Waals surface area contributed by atoms with Crippen molar-refractivity contribution in [3.05, 3.63) is 29.3 Å². The maximum absolute atomic E-state index is 10.9. The van der Waals surface area contributed by atoms with Crippen LogP contribution in [-0.4, -0.2) is 26.1 Å². The highest BCUT2D eigenvalue weighted by molar-refractivity contribution is 5.77. The Kier molecular flexibility index (Phi) is 4.79. The quantitative estimate of drug-likeness (QED) is 0.767. The Morgan fingerprint density at radius 1 is 1.50 bits per heavy atom. The van der Waals surface area contributed by atoms with Gasteiger partial charge in [-0.05, 0) is 30.5 Å². The van der Waals surface area contributed by atoms with Crippen LogP contribution in [0.15, 0.2) is 18.2 Å². The molecule has 0 aliphatic rings. The molecule has 4 heteroatoms. The first-order chi connectivity index (χ1) is 7.67. The SMILES string of the molecule is COc1cc(CCNC(=O)CN)ccc1C. The maximum Gasteiger partial charge on any atom is 0.233 e. The summed E-state index contributed by atoms with van der Waals surface area (Å²) in [5.41, 5.74) is 7.43. The highest BCUT2D eigenvalue weighted by Crippen LogP contribution is 2.18. The summed E-state index contributed by atoms with van der Waals surface area (Å²) in [6, 6.07) is 6.04. The average molecular weight is 222 g/mol. The molecule has 0 saturated heterocycles. The number of carbonyl (C=O) groups excluding carboxylic acids is 1. The van der Waals surface area contributed by atoms with E-state index in [2.05, 4.69) is 5.32 Å². The summed E-state index contributed by atoms with van der Waals surface area (Å²) in [5, 5.41) is 2.73. The molecular formula is C12H18N2O2. The molecule has 1 amide bonds. The van der Waals surface area contributed by atoms with E-state index in [-0.39, 0.29) is 12.5 Å². The Morgan fingerprint density at radius 3 is 2.88 bits per heavy atom. The van der Waals surface area contributed by atoms with Gasteiger partial charge in [0.2, 0.25) is 5.91 Å². The molecule has 0 heterocycles. The summed E-state index contributed by atoms with van der Waals surface area (Å²) in [6.45, 7) is 2.64. The molecule has 1 aromatic rings. The van der Waals surface area contributed by atoms with E-state index in [1.54, 1.807) is 7.11 Å². The Morgan fingerprint density at radius 2 is 2.25 bits per heavy atom. The van der Waals surface area contributed by atoms with Crippen molar-refractivity contribution in [2.75, 3.05) is 20.2 Å². The van der Waals surface area contributed by atoms with Crippen molar-refractivity contribution >= 4 is 5.91 Å². The topological polar surface area (TPSA) is 64.3 Å². The molecule has 0 bridgehead atoms. The predicted molar refractivity (Wildman–Crippen MR) is 63.5 cm³/mol. The van der Waals surface area contributed by atoms with Crippen LogP contribution in [0.2, 0.25) is 0 Å². The molecule has 0 saturated carbocycles. The molecule has 4 nitrogen and oxygen atoms in total. The number of aryl methyl sites for hydroxylation is 1. The van der Waals surface area contributed by atoms with Gasteiger partial charge in [0.15, 0.2) is 0 Å². The molecule has 0 atom stereocenters. The number of hydrogen-bond donors (Lipinski definition) is 2. The zero-order valence-electron chi connectivity index (χ0n) is 9.75. The van der Waals surface area contributed by atoms with Gasteiger partial charge in [-0.1, -0.05) is 12.1 Å². The zero-order valence-corrected chi connectivity index (χ0v) is 9.75. The standard InChI is InChI=1S/C12H18N2O2/c1-9-3-4-10(7-11(9)16-2)5-6-14-12(15)8-13/h3-4,7H,5-6,8,13H2,1-2H3,(H,14,15).